The largest absolute Gasteiger partial charge is 0.326 e. The summed E-state index contributed by atoms with van der Waals surface area (Å²) in [6, 6.07) is 10.8. The van der Waals surface area contributed by atoms with E-state index in [0.717, 1.165) is 16.8 Å². The first kappa shape index (κ1) is 12.7. The van der Waals surface area contributed by atoms with Crippen molar-refractivity contribution >= 4 is 27.4 Å². The highest BCUT2D eigenvalue weighted by molar-refractivity contribution is 9.10. The van der Waals surface area contributed by atoms with Gasteiger partial charge in [0.1, 0.15) is 5.82 Å². The molecule has 0 aliphatic carbocycles. The number of hydrogen-bond acceptors (Lipinski definition) is 2. The van der Waals surface area contributed by atoms with Crippen molar-refractivity contribution in [2.75, 3.05) is 11.4 Å². The van der Waals surface area contributed by atoms with E-state index in [-0.39, 0.29) is 0 Å². The van der Waals surface area contributed by atoms with Crippen LogP contribution < -0.4 is 4.90 Å². The maximum absolute atomic E-state index is 4.62. The predicted octanol–water partition coefficient (Wildman–Crippen LogP) is 4.63. The van der Waals surface area contributed by atoms with Crippen LogP contribution in [0.3, 0.4) is 0 Å². The molecular formula is C16H17BrN2. The summed E-state index contributed by atoms with van der Waals surface area (Å²) in [7, 11) is 0. The Bertz CT molecular complexity index is 595. The van der Waals surface area contributed by atoms with Crippen molar-refractivity contribution in [3.63, 3.8) is 0 Å². The van der Waals surface area contributed by atoms with E-state index < -0.39 is 0 Å². The molecule has 3 rings (SSSR count). The second-order valence-corrected chi connectivity index (χ2v) is 5.95. The highest BCUT2D eigenvalue weighted by atomic mass is 79.9. The van der Waals surface area contributed by atoms with Crippen LogP contribution in [0.5, 0.6) is 0 Å². The summed E-state index contributed by atoms with van der Waals surface area (Å²) in [5.74, 6) is 1.08. The monoisotopic (exact) mass is 316 g/mol. The van der Waals surface area contributed by atoms with Gasteiger partial charge < -0.3 is 4.90 Å². The predicted molar refractivity (Wildman–Crippen MR) is 83.1 cm³/mol. The van der Waals surface area contributed by atoms with Gasteiger partial charge in [0.2, 0.25) is 0 Å². The van der Waals surface area contributed by atoms with Crippen molar-refractivity contribution in [1.82, 2.24) is 4.98 Å². The van der Waals surface area contributed by atoms with E-state index in [0.29, 0.717) is 0 Å². The van der Waals surface area contributed by atoms with E-state index in [1.54, 1.807) is 0 Å². The lowest BCUT2D eigenvalue weighted by atomic mass is 10.1. The van der Waals surface area contributed by atoms with Gasteiger partial charge in [0.05, 0.1) is 0 Å². The Kier molecular flexibility index (Phi) is 3.56. The molecule has 0 spiro atoms. The van der Waals surface area contributed by atoms with Gasteiger partial charge in [-0.15, -0.1) is 0 Å². The zero-order valence-electron chi connectivity index (χ0n) is 11.1. The van der Waals surface area contributed by atoms with Crippen LogP contribution in [-0.2, 0) is 6.42 Å². The van der Waals surface area contributed by atoms with Crippen LogP contribution in [0.15, 0.2) is 41.0 Å². The molecule has 2 heterocycles. The van der Waals surface area contributed by atoms with Crippen molar-refractivity contribution in [3.05, 3.63) is 52.1 Å². The maximum atomic E-state index is 4.62. The van der Waals surface area contributed by atoms with Crippen LogP contribution in [0, 0.1) is 6.92 Å². The van der Waals surface area contributed by atoms with Crippen molar-refractivity contribution in [2.24, 2.45) is 0 Å². The van der Waals surface area contributed by atoms with Crippen molar-refractivity contribution in [3.8, 4) is 0 Å². The standard InChI is InChI=1S/C16H17BrN2/c1-12-10-14(17)11-18-16(12)19-9-5-4-7-13-6-2-3-8-15(13)19/h2-3,6,8,10-11H,4-5,7,9H2,1H3. The first-order valence-electron chi connectivity index (χ1n) is 6.73. The van der Waals surface area contributed by atoms with Gasteiger partial charge in [-0.3, -0.25) is 0 Å². The van der Waals surface area contributed by atoms with Gasteiger partial charge in [0.15, 0.2) is 0 Å². The SMILES string of the molecule is Cc1cc(Br)cnc1N1CCCCc2ccccc21. The van der Waals surface area contributed by atoms with Crippen LogP contribution in [0.4, 0.5) is 11.5 Å². The molecule has 2 nitrogen and oxygen atoms in total. The molecule has 0 bridgehead atoms. The number of anilines is 2. The highest BCUT2D eigenvalue weighted by Gasteiger charge is 2.18. The Balaban J connectivity index is 2.09. The zero-order chi connectivity index (χ0) is 13.2. The number of fused-ring (bicyclic) bond motifs is 1. The summed E-state index contributed by atoms with van der Waals surface area (Å²) in [5, 5.41) is 0. The molecule has 0 radical (unpaired) electrons. The summed E-state index contributed by atoms with van der Waals surface area (Å²) in [6.45, 7) is 3.17. The molecule has 98 valence electrons. The minimum atomic E-state index is 1.04. The Morgan fingerprint density at radius 2 is 2.05 bits per heavy atom. The average molecular weight is 317 g/mol. The molecule has 1 aromatic carbocycles. The van der Waals surface area contributed by atoms with Gasteiger partial charge in [-0.25, -0.2) is 4.98 Å². The molecule has 1 aliphatic rings. The number of para-hydroxylation sites is 1. The van der Waals surface area contributed by atoms with E-state index in [4.69, 9.17) is 0 Å². The first-order valence-corrected chi connectivity index (χ1v) is 7.52. The Hall–Kier alpha value is -1.35. The molecule has 1 aromatic heterocycles. The van der Waals surface area contributed by atoms with E-state index >= 15 is 0 Å². The highest BCUT2D eigenvalue weighted by Crippen LogP contribution is 2.33. The number of rotatable bonds is 1. The Morgan fingerprint density at radius 3 is 2.89 bits per heavy atom. The quantitative estimate of drug-likeness (QED) is 0.762. The second kappa shape index (κ2) is 5.33. The summed E-state index contributed by atoms with van der Waals surface area (Å²) >= 11 is 3.49. The lowest BCUT2D eigenvalue weighted by Crippen LogP contribution is -2.20. The topological polar surface area (TPSA) is 16.1 Å². The Labute approximate surface area is 122 Å². The van der Waals surface area contributed by atoms with Gasteiger partial charge in [0.25, 0.3) is 0 Å². The molecule has 0 saturated heterocycles. The van der Waals surface area contributed by atoms with Crippen molar-refractivity contribution < 1.29 is 0 Å². The third kappa shape index (κ3) is 2.52. The minimum Gasteiger partial charge on any atom is -0.326 e. The van der Waals surface area contributed by atoms with E-state index in [1.807, 2.05) is 6.20 Å². The van der Waals surface area contributed by atoms with Gasteiger partial charge in [-0.1, -0.05) is 18.2 Å². The van der Waals surface area contributed by atoms with Crippen molar-refractivity contribution in [2.45, 2.75) is 26.2 Å². The molecule has 0 fully saturated rings. The normalized spacial score (nSPS) is 14.9. The fourth-order valence-electron chi connectivity index (χ4n) is 2.73. The van der Waals surface area contributed by atoms with Crippen LogP contribution in [-0.4, -0.2) is 11.5 Å². The second-order valence-electron chi connectivity index (χ2n) is 5.03. The fourth-order valence-corrected chi connectivity index (χ4v) is 3.17. The lowest BCUT2D eigenvalue weighted by molar-refractivity contribution is 0.756. The number of pyridine rings is 1. The molecule has 19 heavy (non-hydrogen) atoms. The summed E-state index contributed by atoms with van der Waals surface area (Å²) in [6.07, 6.45) is 5.52. The van der Waals surface area contributed by atoms with Crippen molar-refractivity contribution in [1.29, 1.82) is 0 Å². The summed E-state index contributed by atoms with van der Waals surface area (Å²) in [4.78, 5) is 6.99. The van der Waals surface area contributed by atoms with E-state index in [9.17, 15) is 0 Å². The third-order valence-electron chi connectivity index (χ3n) is 3.63. The molecule has 2 aromatic rings. The molecular weight excluding hydrogens is 300 g/mol. The van der Waals surface area contributed by atoms with Gasteiger partial charge >= 0.3 is 0 Å². The van der Waals surface area contributed by atoms with Crippen LogP contribution >= 0.6 is 15.9 Å². The summed E-state index contributed by atoms with van der Waals surface area (Å²) in [5.41, 5.74) is 3.97. The van der Waals surface area contributed by atoms with Gasteiger partial charge in [-0.2, -0.15) is 0 Å². The molecule has 3 heteroatoms. The van der Waals surface area contributed by atoms with E-state index in [1.165, 1.54) is 36.1 Å². The maximum Gasteiger partial charge on any atom is 0.135 e. The third-order valence-corrected chi connectivity index (χ3v) is 4.07. The van der Waals surface area contributed by atoms with E-state index in [2.05, 4.69) is 63.1 Å². The molecule has 0 N–H and O–H groups in total. The number of hydrogen-bond donors (Lipinski definition) is 0. The number of aryl methyl sites for hydroxylation is 2. The zero-order valence-corrected chi connectivity index (χ0v) is 12.7. The minimum absolute atomic E-state index is 1.04. The number of halogens is 1. The number of aromatic nitrogens is 1. The van der Waals surface area contributed by atoms with Gasteiger partial charge in [-0.05, 0) is 65.4 Å². The molecule has 1 aliphatic heterocycles. The first-order chi connectivity index (χ1) is 9.25. The number of nitrogens with zero attached hydrogens (tertiary/aromatic N) is 2. The smallest absolute Gasteiger partial charge is 0.135 e. The fraction of sp³-hybridized carbons (Fsp3) is 0.312. The lowest BCUT2D eigenvalue weighted by Gasteiger charge is -2.25. The Morgan fingerprint density at radius 1 is 1.21 bits per heavy atom. The number of benzene rings is 1. The molecule has 0 amide bonds. The molecule has 0 atom stereocenters. The van der Waals surface area contributed by atoms with Gasteiger partial charge in [0, 0.05) is 22.9 Å². The van der Waals surface area contributed by atoms with Crippen LogP contribution in [0.1, 0.15) is 24.0 Å². The molecule has 0 saturated carbocycles. The average Bonchev–Trinajstić information content (AvgIpc) is 2.61. The summed E-state index contributed by atoms with van der Waals surface area (Å²) < 4.78 is 1.04. The van der Waals surface area contributed by atoms with Crippen LogP contribution in [0.25, 0.3) is 0 Å². The molecule has 0 unspecified atom stereocenters. The van der Waals surface area contributed by atoms with Crippen LogP contribution in [0.2, 0.25) is 0 Å².